The third-order valence-corrected chi connectivity index (χ3v) is 2.03. The summed E-state index contributed by atoms with van der Waals surface area (Å²) in [6.07, 6.45) is -0.00185. The Hall–Kier alpha value is -0.570. The molecule has 0 aliphatic carbocycles. The summed E-state index contributed by atoms with van der Waals surface area (Å²) in [5, 5.41) is 0. The molecule has 1 heterocycles. The van der Waals surface area contributed by atoms with E-state index in [1.165, 1.54) is 0 Å². The van der Waals surface area contributed by atoms with Crippen molar-refractivity contribution in [3.63, 3.8) is 0 Å². The number of likely N-dealkylation sites (N-methyl/N-ethyl adjacent to an activating group) is 1. The summed E-state index contributed by atoms with van der Waals surface area (Å²) < 4.78 is 5.07. The van der Waals surface area contributed by atoms with E-state index in [1.807, 2.05) is 20.8 Å². The molecule has 0 bridgehead atoms. The van der Waals surface area contributed by atoms with Gasteiger partial charge in [-0.25, -0.2) is 0 Å². The van der Waals surface area contributed by atoms with Crippen LogP contribution in [0.1, 0.15) is 20.8 Å². The lowest BCUT2D eigenvalue weighted by Gasteiger charge is -2.16. The van der Waals surface area contributed by atoms with Crippen molar-refractivity contribution < 1.29 is 9.53 Å². The van der Waals surface area contributed by atoms with Crippen molar-refractivity contribution in [2.45, 2.75) is 33.0 Å². The molecule has 11 heavy (non-hydrogen) atoms. The number of ether oxygens (including phenoxy) is 1. The molecule has 0 N–H and O–H groups in total. The van der Waals surface area contributed by atoms with Crippen molar-refractivity contribution in [3.05, 3.63) is 0 Å². The zero-order valence-corrected chi connectivity index (χ0v) is 7.33. The second-order valence-electron chi connectivity index (χ2n) is 2.77. The van der Waals surface area contributed by atoms with E-state index < -0.39 is 0 Å². The Morgan fingerprint density at radius 3 is 2.18 bits per heavy atom. The highest BCUT2D eigenvalue weighted by atomic mass is 16.6. The van der Waals surface area contributed by atoms with Crippen molar-refractivity contribution in [3.8, 4) is 0 Å². The van der Waals surface area contributed by atoms with Gasteiger partial charge in [0, 0.05) is 13.1 Å². The van der Waals surface area contributed by atoms with Gasteiger partial charge in [0.1, 0.15) is 0 Å². The molecule has 1 amide bonds. The normalized spacial score (nSPS) is 28.3. The standard InChI is InChI=1S/C8H15NO2/c1-4-9(5-2)8(10)7-6(3)11-7/h6-7H,4-5H2,1-3H3/t6-,7-/m1/s1. The van der Waals surface area contributed by atoms with Crippen molar-refractivity contribution in [1.82, 2.24) is 4.90 Å². The maximum absolute atomic E-state index is 11.4. The van der Waals surface area contributed by atoms with Crippen molar-refractivity contribution in [1.29, 1.82) is 0 Å². The zero-order valence-electron chi connectivity index (χ0n) is 7.33. The van der Waals surface area contributed by atoms with Crippen molar-refractivity contribution >= 4 is 5.91 Å². The summed E-state index contributed by atoms with van der Waals surface area (Å²) >= 11 is 0. The third-order valence-electron chi connectivity index (χ3n) is 2.03. The molecule has 64 valence electrons. The fourth-order valence-electron chi connectivity index (χ4n) is 1.16. The topological polar surface area (TPSA) is 32.8 Å². The maximum atomic E-state index is 11.4. The van der Waals surface area contributed by atoms with E-state index in [0.717, 1.165) is 13.1 Å². The molecule has 0 spiro atoms. The van der Waals surface area contributed by atoms with Gasteiger partial charge < -0.3 is 9.64 Å². The molecule has 0 saturated carbocycles. The van der Waals surface area contributed by atoms with Crippen LogP contribution in [0.15, 0.2) is 0 Å². The molecular weight excluding hydrogens is 142 g/mol. The average molecular weight is 157 g/mol. The number of hydrogen-bond acceptors (Lipinski definition) is 2. The molecule has 1 rings (SSSR count). The molecule has 3 nitrogen and oxygen atoms in total. The van der Waals surface area contributed by atoms with Gasteiger partial charge in [-0.1, -0.05) is 0 Å². The fourth-order valence-corrected chi connectivity index (χ4v) is 1.16. The van der Waals surface area contributed by atoms with Crippen molar-refractivity contribution in [2.24, 2.45) is 0 Å². The molecule has 1 saturated heterocycles. The van der Waals surface area contributed by atoms with Gasteiger partial charge >= 0.3 is 0 Å². The van der Waals surface area contributed by atoms with Gasteiger partial charge in [-0.15, -0.1) is 0 Å². The Labute approximate surface area is 67.3 Å². The highest BCUT2D eigenvalue weighted by molar-refractivity contribution is 5.83. The van der Waals surface area contributed by atoms with Crippen LogP contribution in [0.25, 0.3) is 0 Å². The highest BCUT2D eigenvalue weighted by Crippen LogP contribution is 2.22. The number of carbonyl (C=O) groups is 1. The number of carbonyl (C=O) groups excluding carboxylic acids is 1. The smallest absolute Gasteiger partial charge is 0.254 e. The van der Waals surface area contributed by atoms with E-state index in [9.17, 15) is 4.79 Å². The third kappa shape index (κ3) is 1.71. The maximum Gasteiger partial charge on any atom is 0.254 e. The summed E-state index contributed by atoms with van der Waals surface area (Å²) in [7, 11) is 0. The highest BCUT2D eigenvalue weighted by Gasteiger charge is 2.42. The quantitative estimate of drug-likeness (QED) is 0.563. The fraction of sp³-hybridized carbons (Fsp3) is 0.875. The minimum absolute atomic E-state index is 0.141. The van der Waals surface area contributed by atoms with E-state index in [0.29, 0.717) is 0 Å². The van der Waals surface area contributed by atoms with Gasteiger partial charge in [-0.2, -0.15) is 0 Å². The molecule has 0 aromatic rings. The Balaban J connectivity index is 2.39. The molecule has 1 aliphatic rings. The van der Waals surface area contributed by atoms with Crippen LogP contribution in [-0.2, 0) is 9.53 Å². The Morgan fingerprint density at radius 1 is 1.45 bits per heavy atom. The van der Waals surface area contributed by atoms with E-state index in [4.69, 9.17) is 4.74 Å². The number of nitrogens with zero attached hydrogens (tertiary/aromatic N) is 1. The predicted molar refractivity (Wildman–Crippen MR) is 42.3 cm³/mol. The van der Waals surface area contributed by atoms with E-state index in [2.05, 4.69) is 0 Å². The number of epoxide rings is 1. The van der Waals surface area contributed by atoms with Crippen LogP contribution in [0.4, 0.5) is 0 Å². The zero-order chi connectivity index (χ0) is 8.43. The van der Waals surface area contributed by atoms with E-state index in [1.54, 1.807) is 4.90 Å². The monoisotopic (exact) mass is 157 g/mol. The van der Waals surface area contributed by atoms with Crippen LogP contribution in [0.2, 0.25) is 0 Å². The molecule has 0 aromatic carbocycles. The first-order chi connectivity index (χ1) is 5.20. The minimum Gasteiger partial charge on any atom is -0.359 e. The summed E-state index contributed by atoms with van der Waals surface area (Å²) in [6.45, 7) is 7.44. The van der Waals surface area contributed by atoms with Gasteiger partial charge in [0.2, 0.25) is 0 Å². The summed E-state index contributed by atoms with van der Waals surface area (Å²) in [4.78, 5) is 13.2. The first kappa shape index (κ1) is 8.53. The summed E-state index contributed by atoms with van der Waals surface area (Å²) in [5.74, 6) is 0.141. The first-order valence-corrected chi connectivity index (χ1v) is 4.15. The second-order valence-corrected chi connectivity index (χ2v) is 2.77. The van der Waals surface area contributed by atoms with Crippen LogP contribution in [0.5, 0.6) is 0 Å². The van der Waals surface area contributed by atoms with Crippen LogP contribution in [0.3, 0.4) is 0 Å². The second kappa shape index (κ2) is 3.22. The number of hydrogen-bond donors (Lipinski definition) is 0. The van der Waals surface area contributed by atoms with Gasteiger partial charge in [-0.3, -0.25) is 4.79 Å². The van der Waals surface area contributed by atoms with Crippen LogP contribution < -0.4 is 0 Å². The molecule has 1 aliphatic heterocycles. The van der Waals surface area contributed by atoms with Gasteiger partial charge in [0.15, 0.2) is 6.10 Å². The summed E-state index contributed by atoms with van der Waals surface area (Å²) in [6, 6.07) is 0. The Kier molecular flexibility index (Phi) is 2.49. The van der Waals surface area contributed by atoms with Gasteiger partial charge in [-0.05, 0) is 20.8 Å². The van der Waals surface area contributed by atoms with E-state index >= 15 is 0 Å². The minimum atomic E-state index is -0.144. The molecule has 0 aromatic heterocycles. The van der Waals surface area contributed by atoms with Gasteiger partial charge in [0.25, 0.3) is 5.91 Å². The molecule has 2 atom stereocenters. The molecule has 3 heteroatoms. The first-order valence-electron chi connectivity index (χ1n) is 4.15. The van der Waals surface area contributed by atoms with Crippen LogP contribution in [0, 0.1) is 0 Å². The Morgan fingerprint density at radius 2 is 1.91 bits per heavy atom. The molecule has 0 unspecified atom stereocenters. The number of amides is 1. The lowest BCUT2D eigenvalue weighted by Crippen LogP contribution is -2.34. The van der Waals surface area contributed by atoms with E-state index in [-0.39, 0.29) is 18.1 Å². The predicted octanol–water partition coefficient (Wildman–Crippen LogP) is 0.642. The largest absolute Gasteiger partial charge is 0.359 e. The molecular formula is C8H15NO2. The average Bonchev–Trinajstić information content (AvgIpc) is 2.69. The van der Waals surface area contributed by atoms with Crippen LogP contribution >= 0.6 is 0 Å². The SMILES string of the molecule is CCN(CC)C(=O)[C@@H]1O[C@@H]1C. The summed E-state index contributed by atoms with van der Waals surface area (Å²) in [5.41, 5.74) is 0. The molecule has 0 radical (unpaired) electrons. The Bertz CT molecular complexity index is 154. The van der Waals surface area contributed by atoms with Crippen LogP contribution in [-0.4, -0.2) is 36.1 Å². The number of rotatable bonds is 3. The van der Waals surface area contributed by atoms with Crippen molar-refractivity contribution in [2.75, 3.05) is 13.1 Å². The lowest BCUT2D eigenvalue weighted by atomic mass is 10.3. The lowest BCUT2D eigenvalue weighted by molar-refractivity contribution is -0.132. The molecule has 1 fully saturated rings. The van der Waals surface area contributed by atoms with Gasteiger partial charge in [0.05, 0.1) is 6.10 Å².